The third-order valence-electron chi connectivity index (χ3n) is 6.22. The molecule has 1 aliphatic rings. The molecule has 1 aromatic heterocycles. The van der Waals surface area contributed by atoms with E-state index in [1.165, 1.54) is 0 Å². The molecular weight excluding hydrogens is 470 g/mol. The van der Waals surface area contributed by atoms with Crippen LogP contribution < -0.4 is 24.3 Å². The van der Waals surface area contributed by atoms with Crippen LogP contribution in [0.3, 0.4) is 0 Å². The van der Waals surface area contributed by atoms with Crippen molar-refractivity contribution in [3.63, 3.8) is 0 Å². The molecule has 5 rings (SSSR count). The van der Waals surface area contributed by atoms with Crippen molar-refractivity contribution >= 4 is 28.1 Å². The van der Waals surface area contributed by atoms with Gasteiger partial charge in [-0.15, -0.1) is 0 Å². The van der Waals surface area contributed by atoms with E-state index in [1.54, 1.807) is 30.5 Å². The standard InChI is InChI=1S/C30H29NO6/c1-5-33-22-10-7-20(8-11-22)25-16-35-30-19(4)29(34-6-2)23(15-24(25)30)18(3)13-28(32)31-21-9-12-26-27(14-21)37-17-36-26/h7-16H,5-6,17H2,1-4H3,(H,31,32)/b18-13+. The molecule has 7 heteroatoms. The first-order chi connectivity index (χ1) is 18.0. The SMILES string of the molecule is CCOc1ccc(-c2coc3c(C)c(OCC)c(/C(C)=C/C(=O)Nc4ccc5c(c4)OCO5)cc23)cc1. The number of carbonyl (C=O) groups excluding carboxylic acids is 1. The van der Waals surface area contributed by atoms with E-state index in [1.807, 2.05) is 58.0 Å². The van der Waals surface area contributed by atoms with Crippen molar-refractivity contribution in [1.82, 2.24) is 0 Å². The number of fused-ring (bicyclic) bond motifs is 2. The molecule has 4 aromatic rings. The van der Waals surface area contributed by atoms with E-state index in [9.17, 15) is 4.79 Å². The van der Waals surface area contributed by atoms with E-state index in [0.29, 0.717) is 36.1 Å². The number of allylic oxidation sites excluding steroid dienone is 1. The van der Waals surface area contributed by atoms with Gasteiger partial charge in [0.2, 0.25) is 12.7 Å². The van der Waals surface area contributed by atoms with E-state index >= 15 is 0 Å². The number of carbonyl (C=O) groups is 1. The van der Waals surface area contributed by atoms with E-state index in [0.717, 1.165) is 44.5 Å². The second kappa shape index (κ2) is 10.3. The van der Waals surface area contributed by atoms with Crippen molar-refractivity contribution in [1.29, 1.82) is 0 Å². The molecule has 0 aliphatic carbocycles. The van der Waals surface area contributed by atoms with Crippen molar-refractivity contribution in [2.75, 3.05) is 25.3 Å². The van der Waals surface area contributed by atoms with E-state index in [2.05, 4.69) is 5.32 Å². The summed E-state index contributed by atoms with van der Waals surface area (Å²) in [6.07, 6.45) is 3.34. The van der Waals surface area contributed by atoms with E-state index in [-0.39, 0.29) is 12.7 Å². The number of hydrogen-bond donors (Lipinski definition) is 1. The topological polar surface area (TPSA) is 79.2 Å². The lowest BCUT2D eigenvalue weighted by Gasteiger charge is -2.15. The van der Waals surface area contributed by atoms with Gasteiger partial charge in [0.25, 0.3) is 0 Å². The van der Waals surface area contributed by atoms with Crippen molar-refractivity contribution in [3.05, 3.63) is 72.0 Å². The van der Waals surface area contributed by atoms with Gasteiger partial charge in [-0.25, -0.2) is 0 Å². The maximum atomic E-state index is 12.9. The van der Waals surface area contributed by atoms with Crippen LogP contribution in [-0.2, 0) is 4.79 Å². The monoisotopic (exact) mass is 499 g/mol. The molecule has 37 heavy (non-hydrogen) atoms. The van der Waals surface area contributed by atoms with Gasteiger partial charge in [0, 0.05) is 39.9 Å². The Balaban J connectivity index is 1.50. The number of benzene rings is 3. The quantitative estimate of drug-likeness (QED) is 0.264. The fraction of sp³-hybridized carbons (Fsp3) is 0.233. The Morgan fingerprint density at radius 3 is 2.51 bits per heavy atom. The van der Waals surface area contributed by atoms with Crippen LogP contribution in [0, 0.1) is 6.92 Å². The first-order valence-corrected chi connectivity index (χ1v) is 12.3. The highest BCUT2D eigenvalue weighted by Gasteiger charge is 2.20. The van der Waals surface area contributed by atoms with Gasteiger partial charge in [-0.3, -0.25) is 4.79 Å². The highest BCUT2D eigenvalue weighted by molar-refractivity contribution is 6.06. The molecule has 0 radical (unpaired) electrons. The van der Waals surface area contributed by atoms with Crippen LogP contribution in [0.5, 0.6) is 23.0 Å². The average molecular weight is 500 g/mol. The van der Waals surface area contributed by atoms with Crippen LogP contribution in [0.15, 0.2) is 65.3 Å². The molecule has 190 valence electrons. The average Bonchev–Trinajstić information content (AvgIpc) is 3.53. The molecule has 0 saturated heterocycles. The van der Waals surface area contributed by atoms with Gasteiger partial charge in [-0.2, -0.15) is 0 Å². The summed E-state index contributed by atoms with van der Waals surface area (Å²) in [7, 11) is 0. The lowest BCUT2D eigenvalue weighted by Crippen LogP contribution is -2.09. The van der Waals surface area contributed by atoms with Gasteiger partial charge >= 0.3 is 0 Å². The fourth-order valence-electron chi connectivity index (χ4n) is 4.49. The minimum atomic E-state index is -0.254. The van der Waals surface area contributed by atoms with Crippen LogP contribution in [0.2, 0.25) is 0 Å². The molecule has 3 aromatic carbocycles. The summed E-state index contributed by atoms with van der Waals surface area (Å²) in [5.41, 5.74) is 5.85. The molecule has 0 bridgehead atoms. The Labute approximate surface area is 215 Å². The van der Waals surface area contributed by atoms with Crippen molar-refractivity contribution < 1.29 is 28.2 Å². The second-order valence-corrected chi connectivity index (χ2v) is 8.68. The lowest BCUT2D eigenvalue weighted by molar-refractivity contribution is -0.111. The van der Waals surface area contributed by atoms with E-state index in [4.69, 9.17) is 23.4 Å². The number of hydrogen-bond acceptors (Lipinski definition) is 6. The summed E-state index contributed by atoms with van der Waals surface area (Å²) in [4.78, 5) is 12.9. The highest BCUT2D eigenvalue weighted by Crippen LogP contribution is 2.41. The van der Waals surface area contributed by atoms with Gasteiger partial charge in [0.05, 0.1) is 19.5 Å². The van der Waals surface area contributed by atoms with Crippen LogP contribution >= 0.6 is 0 Å². The smallest absolute Gasteiger partial charge is 0.248 e. The van der Waals surface area contributed by atoms with Gasteiger partial charge in [-0.1, -0.05) is 12.1 Å². The third kappa shape index (κ3) is 4.85. The Morgan fingerprint density at radius 1 is 1.00 bits per heavy atom. The zero-order chi connectivity index (χ0) is 25.9. The number of rotatable bonds is 8. The summed E-state index contributed by atoms with van der Waals surface area (Å²) in [6, 6.07) is 15.3. The normalized spacial score (nSPS) is 12.6. The molecule has 0 saturated carbocycles. The third-order valence-corrected chi connectivity index (χ3v) is 6.22. The van der Waals surface area contributed by atoms with Gasteiger partial charge in [-0.05, 0) is 69.2 Å². The molecule has 0 unspecified atom stereocenters. The first kappa shape index (κ1) is 24.3. The molecule has 2 heterocycles. The summed E-state index contributed by atoms with van der Waals surface area (Å²) in [5, 5.41) is 3.85. The molecular formula is C30H29NO6. The van der Waals surface area contributed by atoms with Crippen molar-refractivity contribution in [3.8, 4) is 34.1 Å². The predicted molar refractivity (Wildman–Crippen MR) is 144 cm³/mol. The Hall–Kier alpha value is -4.39. The number of furan rings is 1. The summed E-state index contributed by atoms with van der Waals surface area (Å²) in [6.45, 7) is 9.06. The minimum Gasteiger partial charge on any atom is -0.494 e. The predicted octanol–water partition coefficient (Wildman–Crippen LogP) is 6.98. The van der Waals surface area contributed by atoms with Crippen LogP contribution in [-0.4, -0.2) is 25.9 Å². The minimum absolute atomic E-state index is 0.181. The van der Waals surface area contributed by atoms with Crippen molar-refractivity contribution in [2.24, 2.45) is 0 Å². The maximum Gasteiger partial charge on any atom is 0.248 e. The van der Waals surface area contributed by atoms with Crippen molar-refractivity contribution in [2.45, 2.75) is 27.7 Å². The number of nitrogens with one attached hydrogen (secondary N) is 1. The second-order valence-electron chi connectivity index (χ2n) is 8.68. The summed E-state index contributed by atoms with van der Waals surface area (Å²) >= 11 is 0. The van der Waals surface area contributed by atoms with Gasteiger partial charge in [0.15, 0.2) is 11.5 Å². The van der Waals surface area contributed by atoms with Gasteiger partial charge < -0.3 is 28.7 Å². The molecule has 7 nitrogen and oxygen atoms in total. The maximum absolute atomic E-state index is 12.9. The molecule has 0 fully saturated rings. The summed E-state index contributed by atoms with van der Waals surface area (Å²) < 4.78 is 28.3. The van der Waals surface area contributed by atoms with E-state index < -0.39 is 0 Å². The molecule has 0 atom stereocenters. The molecule has 0 spiro atoms. The Bertz CT molecular complexity index is 1480. The Morgan fingerprint density at radius 2 is 1.76 bits per heavy atom. The fourth-order valence-corrected chi connectivity index (χ4v) is 4.49. The Kier molecular flexibility index (Phi) is 6.77. The molecule has 1 N–H and O–H groups in total. The lowest BCUT2D eigenvalue weighted by atomic mass is 9.96. The molecule has 1 aliphatic heterocycles. The van der Waals surface area contributed by atoms with Crippen LogP contribution in [0.4, 0.5) is 5.69 Å². The molecule has 1 amide bonds. The van der Waals surface area contributed by atoms with Crippen LogP contribution in [0.25, 0.3) is 27.7 Å². The van der Waals surface area contributed by atoms with Gasteiger partial charge in [0.1, 0.15) is 17.1 Å². The summed E-state index contributed by atoms with van der Waals surface area (Å²) in [5.74, 6) is 2.54. The zero-order valence-corrected chi connectivity index (χ0v) is 21.3. The number of ether oxygens (including phenoxy) is 4. The first-order valence-electron chi connectivity index (χ1n) is 12.3. The number of aryl methyl sites for hydroxylation is 1. The number of anilines is 1. The highest BCUT2D eigenvalue weighted by atomic mass is 16.7. The van der Waals surface area contributed by atoms with Crippen LogP contribution in [0.1, 0.15) is 31.9 Å². The number of amides is 1. The largest absolute Gasteiger partial charge is 0.494 e. The zero-order valence-electron chi connectivity index (χ0n) is 21.3.